The molecule has 0 radical (unpaired) electrons. The average Bonchev–Trinajstić information content (AvgIpc) is 2.99. The zero-order chi connectivity index (χ0) is 17.7. The number of unbranched alkanes of at least 4 members (excludes halogenated alkanes) is 1. The highest BCUT2D eigenvalue weighted by Crippen LogP contribution is 2.26. The van der Waals surface area contributed by atoms with Gasteiger partial charge in [-0.15, -0.1) is 16.7 Å². The van der Waals surface area contributed by atoms with Crippen molar-refractivity contribution < 1.29 is 9.53 Å². The van der Waals surface area contributed by atoms with Crippen molar-refractivity contribution in [3.05, 3.63) is 29.8 Å². The zero-order valence-electron chi connectivity index (χ0n) is 14.7. The maximum Gasteiger partial charge on any atom is 0.336 e. The number of nitrogens with zero attached hydrogens (tertiary/aromatic N) is 3. The summed E-state index contributed by atoms with van der Waals surface area (Å²) in [6, 6.07) is 8.02. The largest absolute Gasteiger partial charge is 0.462 e. The minimum atomic E-state index is -0.741. The third kappa shape index (κ3) is 4.15. The van der Waals surface area contributed by atoms with Crippen LogP contribution < -0.4 is 4.74 Å². The van der Waals surface area contributed by atoms with E-state index in [9.17, 15) is 4.79 Å². The maximum atomic E-state index is 12.8. The van der Waals surface area contributed by atoms with Crippen LogP contribution in [0.2, 0.25) is 0 Å². The SMILES string of the molecule is CCCCOc1nc(-c2ccc(C)cc2)n(C(=O)C(C)(C)CCl)n1. The molecule has 0 saturated heterocycles. The van der Waals surface area contributed by atoms with Crippen molar-refractivity contribution in [1.82, 2.24) is 14.8 Å². The molecule has 0 amide bonds. The van der Waals surface area contributed by atoms with Gasteiger partial charge in [0.05, 0.1) is 12.0 Å². The van der Waals surface area contributed by atoms with Crippen LogP contribution in [-0.4, -0.2) is 33.2 Å². The van der Waals surface area contributed by atoms with Crippen molar-refractivity contribution in [3.8, 4) is 17.4 Å². The number of aromatic nitrogens is 3. The van der Waals surface area contributed by atoms with Gasteiger partial charge >= 0.3 is 6.01 Å². The Labute approximate surface area is 148 Å². The van der Waals surface area contributed by atoms with Crippen molar-refractivity contribution in [3.63, 3.8) is 0 Å². The van der Waals surface area contributed by atoms with Crippen molar-refractivity contribution in [2.75, 3.05) is 12.5 Å². The number of ether oxygens (including phenoxy) is 1. The van der Waals surface area contributed by atoms with Crippen LogP contribution in [0.25, 0.3) is 11.4 Å². The summed E-state index contributed by atoms with van der Waals surface area (Å²) in [4.78, 5) is 17.2. The Bertz CT molecular complexity index is 693. The second-order valence-electron chi connectivity index (χ2n) is 6.52. The minimum Gasteiger partial charge on any atom is -0.462 e. The molecule has 0 aliphatic carbocycles. The number of halogens is 1. The summed E-state index contributed by atoms with van der Waals surface area (Å²) in [6.45, 7) is 8.21. The molecule has 0 aliphatic heterocycles. The van der Waals surface area contributed by atoms with E-state index >= 15 is 0 Å². The predicted molar refractivity (Wildman–Crippen MR) is 95.7 cm³/mol. The monoisotopic (exact) mass is 349 g/mol. The van der Waals surface area contributed by atoms with Crippen molar-refractivity contribution >= 4 is 17.5 Å². The summed E-state index contributed by atoms with van der Waals surface area (Å²) in [6.07, 6.45) is 1.93. The van der Waals surface area contributed by atoms with Crippen LogP contribution in [0.15, 0.2) is 24.3 Å². The number of hydrogen-bond acceptors (Lipinski definition) is 4. The molecule has 1 aromatic heterocycles. The van der Waals surface area contributed by atoms with Crippen molar-refractivity contribution in [2.45, 2.75) is 40.5 Å². The van der Waals surface area contributed by atoms with Gasteiger partial charge in [-0.1, -0.05) is 43.2 Å². The second kappa shape index (κ2) is 7.79. The summed E-state index contributed by atoms with van der Waals surface area (Å²) in [5, 5.41) is 4.27. The summed E-state index contributed by atoms with van der Waals surface area (Å²) in [7, 11) is 0. The summed E-state index contributed by atoms with van der Waals surface area (Å²) < 4.78 is 6.89. The van der Waals surface area contributed by atoms with Crippen LogP contribution >= 0.6 is 11.6 Å². The third-order valence-electron chi connectivity index (χ3n) is 3.73. The highest BCUT2D eigenvalue weighted by molar-refractivity contribution is 6.20. The van der Waals surface area contributed by atoms with E-state index in [1.54, 1.807) is 13.8 Å². The van der Waals surface area contributed by atoms with Crippen LogP contribution in [0.4, 0.5) is 0 Å². The van der Waals surface area contributed by atoms with Crippen LogP contribution in [0, 0.1) is 12.3 Å². The van der Waals surface area contributed by atoms with Crippen molar-refractivity contribution in [2.24, 2.45) is 5.41 Å². The fourth-order valence-electron chi connectivity index (χ4n) is 2.04. The molecule has 0 saturated carbocycles. The maximum absolute atomic E-state index is 12.8. The molecule has 0 N–H and O–H groups in total. The van der Waals surface area contributed by atoms with E-state index in [1.165, 1.54) is 4.68 Å². The van der Waals surface area contributed by atoms with Gasteiger partial charge in [-0.25, -0.2) is 0 Å². The Balaban J connectivity index is 2.42. The van der Waals surface area contributed by atoms with Crippen LogP contribution in [-0.2, 0) is 0 Å². The molecule has 2 aromatic rings. The Morgan fingerprint density at radius 2 is 1.96 bits per heavy atom. The smallest absolute Gasteiger partial charge is 0.336 e. The van der Waals surface area contributed by atoms with E-state index in [0.29, 0.717) is 12.4 Å². The topological polar surface area (TPSA) is 57.0 Å². The van der Waals surface area contributed by atoms with Gasteiger partial charge in [0.2, 0.25) is 0 Å². The van der Waals surface area contributed by atoms with Gasteiger partial charge < -0.3 is 4.74 Å². The number of rotatable bonds is 7. The van der Waals surface area contributed by atoms with E-state index in [0.717, 1.165) is 24.0 Å². The number of hydrogen-bond donors (Lipinski definition) is 0. The first-order valence-electron chi connectivity index (χ1n) is 8.16. The van der Waals surface area contributed by atoms with E-state index in [1.807, 2.05) is 31.2 Å². The molecule has 0 atom stereocenters. The fourth-order valence-corrected chi connectivity index (χ4v) is 2.15. The molecule has 0 bridgehead atoms. The molecule has 0 fully saturated rings. The Kier molecular flexibility index (Phi) is 5.99. The molecule has 24 heavy (non-hydrogen) atoms. The molecule has 1 heterocycles. The van der Waals surface area contributed by atoms with Gasteiger partial charge in [-0.05, 0) is 27.2 Å². The zero-order valence-corrected chi connectivity index (χ0v) is 15.4. The lowest BCUT2D eigenvalue weighted by atomic mass is 9.95. The Hall–Kier alpha value is -1.88. The molecular weight excluding hydrogens is 326 g/mol. The number of benzene rings is 1. The van der Waals surface area contributed by atoms with Gasteiger partial charge in [0.15, 0.2) is 5.82 Å². The molecule has 0 spiro atoms. The molecule has 2 rings (SSSR count). The lowest BCUT2D eigenvalue weighted by Crippen LogP contribution is -2.32. The molecule has 0 aliphatic rings. The quantitative estimate of drug-likeness (QED) is 0.551. The molecule has 6 heteroatoms. The molecule has 1 aromatic carbocycles. The van der Waals surface area contributed by atoms with Gasteiger partial charge in [0.25, 0.3) is 5.91 Å². The standard InChI is InChI=1S/C18H24ClN3O2/c1-5-6-11-24-17-20-15(14-9-7-13(2)8-10-14)22(21-17)16(23)18(3,4)12-19/h7-10H,5-6,11-12H2,1-4H3. The molecular formula is C18H24ClN3O2. The van der Waals surface area contributed by atoms with E-state index in [4.69, 9.17) is 16.3 Å². The number of carbonyl (C=O) groups is 1. The summed E-state index contributed by atoms with van der Waals surface area (Å²) >= 11 is 5.95. The van der Waals surface area contributed by atoms with E-state index in [2.05, 4.69) is 17.0 Å². The molecule has 130 valence electrons. The normalized spacial score (nSPS) is 11.5. The van der Waals surface area contributed by atoms with E-state index < -0.39 is 5.41 Å². The van der Waals surface area contributed by atoms with Crippen LogP contribution in [0.1, 0.15) is 44.0 Å². The first kappa shape index (κ1) is 18.5. The van der Waals surface area contributed by atoms with Crippen LogP contribution in [0.3, 0.4) is 0 Å². The van der Waals surface area contributed by atoms with Gasteiger partial charge in [-0.3, -0.25) is 4.79 Å². The van der Waals surface area contributed by atoms with Crippen molar-refractivity contribution in [1.29, 1.82) is 0 Å². The van der Waals surface area contributed by atoms with Gasteiger partial charge in [0, 0.05) is 11.4 Å². The molecule has 5 nitrogen and oxygen atoms in total. The van der Waals surface area contributed by atoms with Gasteiger partial charge in [-0.2, -0.15) is 9.67 Å². The highest BCUT2D eigenvalue weighted by Gasteiger charge is 2.32. The lowest BCUT2D eigenvalue weighted by Gasteiger charge is -2.19. The Morgan fingerprint density at radius 1 is 1.29 bits per heavy atom. The highest BCUT2D eigenvalue weighted by atomic mass is 35.5. The Morgan fingerprint density at radius 3 is 2.54 bits per heavy atom. The van der Waals surface area contributed by atoms with Crippen LogP contribution in [0.5, 0.6) is 6.01 Å². The number of alkyl halides is 1. The first-order chi connectivity index (χ1) is 11.4. The van der Waals surface area contributed by atoms with Gasteiger partial charge in [0.1, 0.15) is 0 Å². The lowest BCUT2D eigenvalue weighted by molar-refractivity contribution is 0.0752. The number of aryl methyl sites for hydroxylation is 1. The summed E-state index contributed by atoms with van der Waals surface area (Å²) in [5.74, 6) is 0.473. The second-order valence-corrected chi connectivity index (χ2v) is 6.79. The predicted octanol–water partition coefficient (Wildman–Crippen LogP) is 4.34. The average molecular weight is 350 g/mol. The minimum absolute atomic E-state index is 0.199. The molecule has 0 unspecified atom stereocenters. The first-order valence-corrected chi connectivity index (χ1v) is 8.70. The fraction of sp³-hybridized carbons (Fsp3) is 0.500. The summed E-state index contributed by atoms with van der Waals surface area (Å²) in [5.41, 5.74) is 1.21. The number of carbonyl (C=O) groups excluding carboxylic acids is 1. The third-order valence-corrected chi connectivity index (χ3v) is 4.40. The van der Waals surface area contributed by atoms with E-state index in [-0.39, 0.29) is 17.8 Å².